The van der Waals surface area contributed by atoms with Crippen molar-refractivity contribution in [1.82, 2.24) is 3.96 Å². The van der Waals surface area contributed by atoms with Crippen LogP contribution < -0.4 is 4.74 Å². The predicted octanol–water partition coefficient (Wildman–Crippen LogP) is 2.61. The normalized spacial score (nSPS) is 10.4. The maximum absolute atomic E-state index is 10.9. The summed E-state index contributed by atoms with van der Waals surface area (Å²) in [6.45, 7) is 0.726. The van der Waals surface area contributed by atoms with E-state index in [1.54, 1.807) is 12.3 Å². The van der Waals surface area contributed by atoms with Crippen LogP contribution in [0.4, 0.5) is 0 Å². The van der Waals surface area contributed by atoms with E-state index in [9.17, 15) is 4.79 Å². The van der Waals surface area contributed by atoms with Crippen LogP contribution in [0, 0.1) is 0 Å². The summed E-state index contributed by atoms with van der Waals surface area (Å²) in [5.41, 5.74) is 1.14. The lowest BCUT2D eigenvalue weighted by Gasteiger charge is -2.00. The largest absolute Gasteiger partial charge is 0.298 e. The Balaban J connectivity index is 2.19. The second-order valence-corrected chi connectivity index (χ2v) is 4.42. The topological polar surface area (TPSA) is 22.0 Å². The first-order chi connectivity index (χ1) is 6.74. The molecule has 14 heavy (non-hydrogen) atoms. The Bertz CT molecular complexity index is 471. The number of aromatic nitrogens is 1. The standard InChI is InChI=1S/C10H8ClNOS/c11-9-3-1-8(2-4-9)7-12-6-5-10(13)14-12/h1-6H,7H2. The molecule has 1 aromatic heterocycles. The fraction of sp³-hybridized carbons (Fsp3) is 0.100. The van der Waals surface area contributed by atoms with Crippen LogP contribution in [0.25, 0.3) is 0 Å². The summed E-state index contributed by atoms with van der Waals surface area (Å²) in [5, 5.41) is 0.731. The van der Waals surface area contributed by atoms with Crippen LogP contribution in [0.1, 0.15) is 5.56 Å². The molecule has 2 nitrogen and oxygen atoms in total. The molecule has 0 spiro atoms. The molecule has 4 heteroatoms. The first-order valence-electron chi connectivity index (χ1n) is 4.15. The van der Waals surface area contributed by atoms with Gasteiger partial charge in [0.1, 0.15) is 0 Å². The van der Waals surface area contributed by atoms with Gasteiger partial charge in [0.2, 0.25) is 4.74 Å². The molecule has 0 amide bonds. The highest BCUT2D eigenvalue weighted by Gasteiger charge is 1.96. The minimum absolute atomic E-state index is 0.0824. The molecule has 0 saturated carbocycles. The van der Waals surface area contributed by atoms with Crippen LogP contribution in [-0.4, -0.2) is 3.96 Å². The van der Waals surface area contributed by atoms with Gasteiger partial charge in [0, 0.05) is 17.3 Å². The number of hydrogen-bond donors (Lipinski definition) is 0. The van der Waals surface area contributed by atoms with Crippen molar-refractivity contribution in [2.24, 2.45) is 0 Å². The van der Waals surface area contributed by atoms with Crippen LogP contribution in [0.3, 0.4) is 0 Å². The van der Waals surface area contributed by atoms with E-state index in [0.29, 0.717) is 0 Å². The SMILES string of the molecule is O=c1ccn(Cc2ccc(Cl)cc2)s1. The van der Waals surface area contributed by atoms with E-state index in [1.807, 2.05) is 28.2 Å². The van der Waals surface area contributed by atoms with E-state index in [-0.39, 0.29) is 4.74 Å². The molecular formula is C10H8ClNOS. The zero-order valence-electron chi connectivity index (χ0n) is 7.31. The number of rotatable bonds is 2. The summed E-state index contributed by atoms with van der Waals surface area (Å²) in [4.78, 5) is 10.9. The third-order valence-electron chi connectivity index (χ3n) is 1.84. The molecular weight excluding hydrogens is 218 g/mol. The van der Waals surface area contributed by atoms with Gasteiger partial charge in [0.25, 0.3) is 0 Å². The smallest absolute Gasteiger partial charge is 0.249 e. The first kappa shape index (κ1) is 9.49. The quantitative estimate of drug-likeness (QED) is 0.770. The van der Waals surface area contributed by atoms with Crippen LogP contribution in [0.5, 0.6) is 0 Å². The highest BCUT2D eigenvalue weighted by Crippen LogP contribution is 2.10. The van der Waals surface area contributed by atoms with Gasteiger partial charge >= 0.3 is 0 Å². The first-order valence-corrected chi connectivity index (χ1v) is 5.30. The predicted molar refractivity (Wildman–Crippen MR) is 59.1 cm³/mol. The summed E-state index contributed by atoms with van der Waals surface area (Å²) < 4.78 is 1.98. The molecule has 0 atom stereocenters. The maximum Gasteiger partial charge on any atom is 0.249 e. The molecule has 2 aromatic rings. The fourth-order valence-electron chi connectivity index (χ4n) is 1.18. The average molecular weight is 226 g/mol. The van der Waals surface area contributed by atoms with Gasteiger partial charge in [0.05, 0.1) is 6.54 Å². The number of hydrogen-bond acceptors (Lipinski definition) is 2. The lowest BCUT2D eigenvalue weighted by Crippen LogP contribution is -1.94. The van der Waals surface area contributed by atoms with Crippen molar-refractivity contribution in [1.29, 1.82) is 0 Å². The number of nitrogens with zero attached hydrogens (tertiary/aromatic N) is 1. The highest BCUT2D eigenvalue weighted by atomic mass is 35.5. The van der Waals surface area contributed by atoms with E-state index < -0.39 is 0 Å². The summed E-state index contributed by atoms with van der Waals surface area (Å²) >= 11 is 6.98. The van der Waals surface area contributed by atoms with Crippen molar-refractivity contribution < 1.29 is 0 Å². The molecule has 0 bridgehead atoms. The Morgan fingerprint density at radius 1 is 1.21 bits per heavy atom. The molecule has 0 N–H and O–H groups in total. The van der Waals surface area contributed by atoms with Gasteiger partial charge in [-0.05, 0) is 29.2 Å². The molecule has 1 aromatic carbocycles. The summed E-state index contributed by atoms with van der Waals surface area (Å²) in [5.74, 6) is 0. The molecule has 0 radical (unpaired) electrons. The van der Waals surface area contributed by atoms with Crippen molar-refractivity contribution in [2.75, 3.05) is 0 Å². The van der Waals surface area contributed by atoms with E-state index >= 15 is 0 Å². The number of benzene rings is 1. The highest BCUT2D eigenvalue weighted by molar-refractivity contribution is 7.03. The van der Waals surface area contributed by atoms with Gasteiger partial charge in [-0.2, -0.15) is 0 Å². The molecule has 0 fully saturated rings. The minimum atomic E-state index is 0.0824. The van der Waals surface area contributed by atoms with Crippen molar-refractivity contribution in [2.45, 2.75) is 6.54 Å². The van der Waals surface area contributed by atoms with Crippen molar-refractivity contribution in [3.8, 4) is 0 Å². The van der Waals surface area contributed by atoms with Gasteiger partial charge in [-0.1, -0.05) is 23.7 Å². The van der Waals surface area contributed by atoms with Crippen molar-refractivity contribution in [3.63, 3.8) is 0 Å². The lowest BCUT2D eigenvalue weighted by atomic mass is 10.2. The van der Waals surface area contributed by atoms with E-state index in [2.05, 4.69) is 0 Å². The third-order valence-corrected chi connectivity index (χ3v) is 2.89. The molecule has 2 rings (SSSR count). The monoisotopic (exact) mass is 225 g/mol. The Morgan fingerprint density at radius 2 is 1.93 bits per heavy atom. The summed E-state index contributed by atoms with van der Waals surface area (Å²) in [6, 6.07) is 9.19. The van der Waals surface area contributed by atoms with Crippen LogP contribution in [0.2, 0.25) is 5.02 Å². The van der Waals surface area contributed by atoms with Gasteiger partial charge in [-0.3, -0.25) is 8.75 Å². The molecule has 0 saturated heterocycles. The average Bonchev–Trinajstić information content (AvgIpc) is 2.56. The molecule has 0 aliphatic heterocycles. The van der Waals surface area contributed by atoms with Gasteiger partial charge in [0.15, 0.2) is 0 Å². The lowest BCUT2D eigenvalue weighted by molar-refractivity contribution is 0.882. The fourth-order valence-corrected chi connectivity index (χ4v) is 1.99. The van der Waals surface area contributed by atoms with Crippen molar-refractivity contribution in [3.05, 3.63) is 56.7 Å². The van der Waals surface area contributed by atoms with Gasteiger partial charge < -0.3 is 0 Å². The Hall–Kier alpha value is -1.06. The molecule has 1 heterocycles. The van der Waals surface area contributed by atoms with E-state index in [1.165, 1.54) is 11.5 Å². The zero-order valence-corrected chi connectivity index (χ0v) is 8.89. The van der Waals surface area contributed by atoms with E-state index in [0.717, 1.165) is 17.1 Å². The Labute approximate surface area is 90.5 Å². The zero-order chi connectivity index (χ0) is 9.97. The maximum atomic E-state index is 10.9. The summed E-state index contributed by atoms with van der Waals surface area (Å²) in [6.07, 6.45) is 1.79. The molecule has 72 valence electrons. The second-order valence-electron chi connectivity index (χ2n) is 2.93. The Kier molecular flexibility index (Phi) is 2.70. The second kappa shape index (κ2) is 3.98. The van der Waals surface area contributed by atoms with Crippen LogP contribution >= 0.6 is 23.1 Å². The molecule has 0 aliphatic carbocycles. The van der Waals surface area contributed by atoms with E-state index in [4.69, 9.17) is 11.6 Å². The summed E-state index contributed by atoms with van der Waals surface area (Å²) in [7, 11) is 0. The van der Waals surface area contributed by atoms with Crippen molar-refractivity contribution >= 4 is 23.1 Å². The molecule has 0 aliphatic rings. The number of halogens is 1. The Morgan fingerprint density at radius 3 is 2.50 bits per heavy atom. The third kappa shape index (κ3) is 2.25. The van der Waals surface area contributed by atoms with Gasteiger partial charge in [-0.25, -0.2) is 0 Å². The van der Waals surface area contributed by atoms with Crippen LogP contribution in [0.15, 0.2) is 41.3 Å². The van der Waals surface area contributed by atoms with Crippen LogP contribution in [-0.2, 0) is 6.54 Å². The molecule has 0 unspecified atom stereocenters. The van der Waals surface area contributed by atoms with Gasteiger partial charge in [-0.15, -0.1) is 0 Å². The minimum Gasteiger partial charge on any atom is -0.298 e.